The van der Waals surface area contributed by atoms with Gasteiger partial charge in [-0.15, -0.1) is 0 Å². The van der Waals surface area contributed by atoms with Crippen LogP contribution in [0.25, 0.3) is 0 Å². The summed E-state index contributed by atoms with van der Waals surface area (Å²) in [7, 11) is 0. The van der Waals surface area contributed by atoms with Crippen molar-refractivity contribution < 1.29 is 19.4 Å². The molecule has 2 aromatic rings. The van der Waals surface area contributed by atoms with Gasteiger partial charge in [0.25, 0.3) is 5.91 Å². The number of nitrogens with one attached hydrogen (secondary N) is 1. The molecule has 120 valence electrons. The number of aliphatic hydroxyl groups excluding tert-OH is 1. The van der Waals surface area contributed by atoms with Crippen LogP contribution in [0.3, 0.4) is 0 Å². The van der Waals surface area contributed by atoms with Gasteiger partial charge in [-0.1, -0.05) is 24.3 Å². The van der Waals surface area contributed by atoms with Gasteiger partial charge in [0.15, 0.2) is 6.10 Å². The van der Waals surface area contributed by atoms with E-state index in [2.05, 4.69) is 5.32 Å². The predicted octanol–water partition coefficient (Wildman–Crippen LogP) is 2.67. The van der Waals surface area contributed by atoms with Crippen LogP contribution in [0.15, 0.2) is 48.5 Å². The van der Waals surface area contributed by atoms with Crippen molar-refractivity contribution in [3.8, 4) is 0 Å². The van der Waals surface area contributed by atoms with Crippen molar-refractivity contribution in [3.05, 3.63) is 65.2 Å². The monoisotopic (exact) mass is 313 g/mol. The first-order valence-electron chi connectivity index (χ1n) is 7.28. The first-order chi connectivity index (χ1) is 11.0. The Morgan fingerprint density at radius 3 is 2.48 bits per heavy atom. The number of benzene rings is 2. The summed E-state index contributed by atoms with van der Waals surface area (Å²) in [6.07, 6.45) is -0.916. The van der Waals surface area contributed by atoms with E-state index < -0.39 is 18.0 Å². The number of carbonyl (C=O) groups is 2. The summed E-state index contributed by atoms with van der Waals surface area (Å²) >= 11 is 0. The Labute approximate surface area is 134 Å². The van der Waals surface area contributed by atoms with Crippen molar-refractivity contribution in [2.45, 2.75) is 26.6 Å². The molecule has 0 saturated carbocycles. The third kappa shape index (κ3) is 4.66. The maximum absolute atomic E-state index is 12.1. The number of aliphatic hydroxyl groups is 1. The van der Waals surface area contributed by atoms with E-state index in [0.717, 1.165) is 5.56 Å². The Morgan fingerprint density at radius 1 is 1.17 bits per heavy atom. The molecule has 0 heterocycles. The minimum Gasteiger partial charge on any atom is -0.449 e. The van der Waals surface area contributed by atoms with Crippen molar-refractivity contribution in [2.24, 2.45) is 0 Å². The molecule has 1 amide bonds. The lowest BCUT2D eigenvalue weighted by molar-refractivity contribution is -0.123. The fourth-order valence-electron chi connectivity index (χ4n) is 2.00. The first kappa shape index (κ1) is 16.7. The highest BCUT2D eigenvalue weighted by atomic mass is 16.5. The van der Waals surface area contributed by atoms with E-state index in [4.69, 9.17) is 9.84 Å². The Morgan fingerprint density at radius 2 is 1.87 bits per heavy atom. The number of amides is 1. The Kier molecular flexibility index (Phi) is 5.49. The number of hydrogen-bond acceptors (Lipinski definition) is 4. The molecule has 5 heteroatoms. The van der Waals surface area contributed by atoms with Crippen LogP contribution in [-0.4, -0.2) is 23.1 Å². The lowest BCUT2D eigenvalue weighted by atomic mass is 10.1. The number of hydrogen-bond donors (Lipinski definition) is 2. The third-order valence-electron chi connectivity index (χ3n) is 3.31. The lowest BCUT2D eigenvalue weighted by Crippen LogP contribution is -2.30. The van der Waals surface area contributed by atoms with E-state index in [0.29, 0.717) is 16.8 Å². The summed E-state index contributed by atoms with van der Waals surface area (Å²) in [6, 6.07) is 13.7. The van der Waals surface area contributed by atoms with Crippen molar-refractivity contribution in [1.29, 1.82) is 0 Å². The lowest BCUT2D eigenvalue weighted by Gasteiger charge is -2.14. The standard InChI is InChI=1S/C18H19NO4/c1-12-4-3-5-16(10-12)19-17(21)13(2)23-18(22)15-8-6-14(11-20)7-9-15/h3-10,13,20H,11H2,1-2H3,(H,19,21)/t13-/m0/s1. The van der Waals surface area contributed by atoms with Crippen LogP contribution in [0.2, 0.25) is 0 Å². The zero-order valence-corrected chi connectivity index (χ0v) is 13.1. The van der Waals surface area contributed by atoms with E-state index in [1.165, 1.54) is 6.92 Å². The number of anilines is 1. The van der Waals surface area contributed by atoms with Crippen LogP contribution in [0.5, 0.6) is 0 Å². The highest BCUT2D eigenvalue weighted by molar-refractivity contribution is 5.97. The summed E-state index contributed by atoms with van der Waals surface area (Å²) in [5.41, 5.74) is 2.71. The van der Waals surface area contributed by atoms with Crippen molar-refractivity contribution in [1.82, 2.24) is 0 Å². The van der Waals surface area contributed by atoms with Gasteiger partial charge in [0.2, 0.25) is 0 Å². The molecule has 2 N–H and O–H groups in total. The topological polar surface area (TPSA) is 75.6 Å². The summed E-state index contributed by atoms with van der Waals surface area (Å²) < 4.78 is 5.16. The van der Waals surface area contributed by atoms with Crippen molar-refractivity contribution in [2.75, 3.05) is 5.32 Å². The van der Waals surface area contributed by atoms with E-state index in [-0.39, 0.29) is 6.61 Å². The number of aryl methyl sites for hydroxylation is 1. The first-order valence-corrected chi connectivity index (χ1v) is 7.28. The van der Waals surface area contributed by atoms with Crippen LogP contribution in [-0.2, 0) is 16.1 Å². The zero-order chi connectivity index (χ0) is 16.8. The van der Waals surface area contributed by atoms with Gasteiger partial charge in [0.05, 0.1) is 12.2 Å². The highest BCUT2D eigenvalue weighted by Crippen LogP contribution is 2.12. The van der Waals surface area contributed by atoms with E-state index in [1.807, 2.05) is 25.1 Å². The maximum atomic E-state index is 12.1. The number of rotatable bonds is 5. The van der Waals surface area contributed by atoms with Gasteiger partial charge < -0.3 is 15.2 Å². The molecule has 0 unspecified atom stereocenters. The summed E-state index contributed by atoms with van der Waals surface area (Å²) in [5.74, 6) is -0.975. The number of esters is 1. The molecular weight excluding hydrogens is 294 g/mol. The van der Waals surface area contributed by atoms with Gasteiger partial charge >= 0.3 is 5.97 Å². The van der Waals surface area contributed by atoms with Crippen LogP contribution in [0, 0.1) is 6.92 Å². The summed E-state index contributed by atoms with van der Waals surface area (Å²) in [5, 5.41) is 11.7. The smallest absolute Gasteiger partial charge is 0.338 e. The number of ether oxygens (including phenoxy) is 1. The molecular formula is C18H19NO4. The molecule has 1 atom stereocenters. The highest BCUT2D eigenvalue weighted by Gasteiger charge is 2.19. The molecule has 0 fully saturated rings. The second-order valence-electron chi connectivity index (χ2n) is 5.26. The van der Waals surface area contributed by atoms with Crippen LogP contribution in [0.1, 0.15) is 28.4 Å². The Hall–Kier alpha value is -2.66. The average Bonchev–Trinajstić information content (AvgIpc) is 2.54. The molecule has 2 rings (SSSR count). The molecule has 0 aliphatic heterocycles. The van der Waals surface area contributed by atoms with Gasteiger partial charge in [-0.05, 0) is 49.2 Å². The quantitative estimate of drug-likeness (QED) is 0.832. The molecule has 0 saturated heterocycles. The minimum atomic E-state index is -0.916. The Bertz CT molecular complexity index is 694. The predicted molar refractivity (Wildman–Crippen MR) is 87.1 cm³/mol. The SMILES string of the molecule is Cc1cccc(NC(=O)[C@H](C)OC(=O)c2ccc(CO)cc2)c1. The van der Waals surface area contributed by atoms with Crippen LogP contribution < -0.4 is 5.32 Å². The molecule has 5 nitrogen and oxygen atoms in total. The van der Waals surface area contributed by atoms with E-state index in [1.54, 1.807) is 30.3 Å². The molecule has 2 aromatic carbocycles. The molecule has 0 bridgehead atoms. The summed E-state index contributed by atoms with van der Waals surface area (Å²) in [4.78, 5) is 24.1. The van der Waals surface area contributed by atoms with Crippen molar-refractivity contribution in [3.63, 3.8) is 0 Å². The largest absolute Gasteiger partial charge is 0.449 e. The molecule has 0 spiro atoms. The van der Waals surface area contributed by atoms with Gasteiger partial charge in [-0.3, -0.25) is 4.79 Å². The van der Waals surface area contributed by atoms with Gasteiger partial charge in [-0.25, -0.2) is 4.79 Å². The fraction of sp³-hybridized carbons (Fsp3) is 0.222. The van der Waals surface area contributed by atoms with Gasteiger partial charge in [-0.2, -0.15) is 0 Å². The van der Waals surface area contributed by atoms with Crippen molar-refractivity contribution >= 4 is 17.6 Å². The second kappa shape index (κ2) is 7.56. The molecule has 0 aromatic heterocycles. The normalized spacial score (nSPS) is 11.6. The Balaban J connectivity index is 1.95. The van der Waals surface area contributed by atoms with Crippen LogP contribution >= 0.6 is 0 Å². The molecule has 0 aliphatic carbocycles. The fourth-order valence-corrected chi connectivity index (χ4v) is 2.00. The molecule has 23 heavy (non-hydrogen) atoms. The number of carbonyl (C=O) groups excluding carboxylic acids is 2. The second-order valence-corrected chi connectivity index (χ2v) is 5.26. The average molecular weight is 313 g/mol. The maximum Gasteiger partial charge on any atom is 0.338 e. The van der Waals surface area contributed by atoms with Gasteiger partial charge in [0, 0.05) is 5.69 Å². The summed E-state index contributed by atoms with van der Waals surface area (Å²) in [6.45, 7) is 3.35. The third-order valence-corrected chi connectivity index (χ3v) is 3.31. The molecule has 0 aliphatic rings. The van der Waals surface area contributed by atoms with Gasteiger partial charge in [0.1, 0.15) is 0 Å². The zero-order valence-electron chi connectivity index (χ0n) is 13.1. The van der Waals surface area contributed by atoms with Crippen LogP contribution in [0.4, 0.5) is 5.69 Å². The minimum absolute atomic E-state index is 0.0926. The molecule has 0 radical (unpaired) electrons. The van der Waals surface area contributed by atoms with E-state index in [9.17, 15) is 9.59 Å². The van der Waals surface area contributed by atoms with E-state index >= 15 is 0 Å².